The minimum atomic E-state index is -0.126. The standard InChI is InChI=1S/C15H23NO3S/c1-10(2)12(8-9-17)16-15(19)7-5-13(18)14-6-4-11(3)20-14/h4,6,10,12,17H,5,7-9H2,1-3H3,(H,16,19). The molecule has 4 nitrogen and oxygen atoms in total. The van der Waals surface area contributed by atoms with Crippen molar-refractivity contribution < 1.29 is 14.7 Å². The van der Waals surface area contributed by atoms with Crippen LogP contribution < -0.4 is 5.32 Å². The Morgan fingerprint density at radius 2 is 2.00 bits per heavy atom. The van der Waals surface area contributed by atoms with Gasteiger partial charge in [0.15, 0.2) is 5.78 Å². The third-order valence-corrected chi connectivity index (χ3v) is 4.23. The summed E-state index contributed by atoms with van der Waals surface area (Å²) in [6.07, 6.45) is 0.974. The molecule has 1 aromatic heterocycles. The maximum absolute atomic E-state index is 11.9. The summed E-state index contributed by atoms with van der Waals surface area (Å²) in [6, 6.07) is 3.68. The van der Waals surface area contributed by atoms with Gasteiger partial charge in [0.2, 0.25) is 5.91 Å². The Morgan fingerprint density at radius 1 is 1.30 bits per heavy atom. The number of ketones is 1. The van der Waals surface area contributed by atoms with Crippen molar-refractivity contribution in [2.45, 2.75) is 46.1 Å². The lowest BCUT2D eigenvalue weighted by Crippen LogP contribution is -2.39. The molecule has 0 spiro atoms. The highest BCUT2D eigenvalue weighted by Gasteiger charge is 2.17. The highest BCUT2D eigenvalue weighted by atomic mass is 32.1. The van der Waals surface area contributed by atoms with E-state index in [9.17, 15) is 9.59 Å². The van der Waals surface area contributed by atoms with E-state index in [2.05, 4.69) is 5.32 Å². The molecule has 0 aliphatic carbocycles. The molecule has 20 heavy (non-hydrogen) atoms. The van der Waals surface area contributed by atoms with Gasteiger partial charge in [-0.1, -0.05) is 13.8 Å². The van der Waals surface area contributed by atoms with E-state index in [1.54, 1.807) is 0 Å². The quantitative estimate of drug-likeness (QED) is 0.725. The van der Waals surface area contributed by atoms with Crippen LogP contribution in [0.15, 0.2) is 12.1 Å². The molecule has 0 saturated heterocycles. The fourth-order valence-electron chi connectivity index (χ4n) is 1.92. The van der Waals surface area contributed by atoms with Crippen molar-refractivity contribution in [3.63, 3.8) is 0 Å². The van der Waals surface area contributed by atoms with Crippen LogP contribution in [0.25, 0.3) is 0 Å². The van der Waals surface area contributed by atoms with Gasteiger partial charge in [0.25, 0.3) is 0 Å². The van der Waals surface area contributed by atoms with Crippen LogP contribution in [0.1, 0.15) is 47.7 Å². The van der Waals surface area contributed by atoms with Crippen LogP contribution >= 0.6 is 11.3 Å². The first kappa shape index (κ1) is 16.9. The van der Waals surface area contributed by atoms with Crippen LogP contribution in [0.4, 0.5) is 0 Å². The molecule has 0 saturated carbocycles. The highest BCUT2D eigenvalue weighted by molar-refractivity contribution is 7.14. The van der Waals surface area contributed by atoms with Crippen molar-refractivity contribution in [1.82, 2.24) is 5.32 Å². The summed E-state index contributed by atoms with van der Waals surface area (Å²) >= 11 is 1.46. The Kier molecular flexibility index (Phi) is 6.88. The lowest BCUT2D eigenvalue weighted by atomic mass is 10.0. The average Bonchev–Trinajstić information content (AvgIpc) is 2.82. The molecule has 1 unspecified atom stereocenters. The molecule has 2 N–H and O–H groups in total. The third-order valence-electron chi connectivity index (χ3n) is 3.19. The van der Waals surface area contributed by atoms with E-state index < -0.39 is 0 Å². The summed E-state index contributed by atoms with van der Waals surface area (Å²) < 4.78 is 0. The first-order valence-electron chi connectivity index (χ1n) is 6.94. The number of Topliss-reactive ketones (excluding diaryl/α,β-unsaturated/α-hetero) is 1. The number of hydrogen-bond donors (Lipinski definition) is 2. The fourth-order valence-corrected chi connectivity index (χ4v) is 2.76. The molecular formula is C15H23NO3S. The highest BCUT2D eigenvalue weighted by Crippen LogP contribution is 2.17. The maximum Gasteiger partial charge on any atom is 0.220 e. The molecule has 112 valence electrons. The Bertz CT molecular complexity index is 454. The normalized spacial score (nSPS) is 12.4. The molecule has 1 atom stereocenters. The topological polar surface area (TPSA) is 66.4 Å². The van der Waals surface area contributed by atoms with Crippen molar-refractivity contribution in [2.24, 2.45) is 5.92 Å². The van der Waals surface area contributed by atoms with Gasteiger partial charge in [-0.15, -0.1) is 11.3 Å². The second kappa shape index (κ2) is 8.17. The Balaban J connectivity index is 2.41. The number of aliphatic hydroxyl groups is 1. The molecule has 0 aliphatic rings. The van der Waals surface area contributed by atoms with Crippen molar-refractivity contribution in [3.8, 4) is 0 Å². The molecular weight excluding hydrogens is 274 g/mol. The molecule has 0 bridgehead atoms. The predicted molar refractivity (Wildman–Crippen MR) is 81.1 cm³/mol. The molecule has 0 aromatic carbocycles. The Labute approximate surface area is 124 Å². The predicted octanol–water partition coefficient (Wildman–Crippen LogP) is 2.54. The van der Waals surface area contributed by atoms with Gasteiger partial charge in [0.1, 0.15) is 0 Å². The van der Waals surface area contributed by atoms with Gasteiger partial charge in [-0.3, -0.25) is 9.59 Å². The first-order valence-corrected chi connectivity index (χ1v) is 7.75. The number of nitrogens with one attached hydrogen (secondary N) is 1. The van der Waals surface area contributed by atoms with E-state index in [0.29, 0.717) is 11.3 Å². The Morgan fingerprint density at radius 3 is 2.50 bits per heavy atom. The Hall–Kier alpha value is -1.20. The molecule has 1 rings (SSSR count). The zero-order chi connectivity index (χ0) is 15.1. The smallest absolute Gasteiger partial charge is 0.220 e. The SMILES string of the molecule is Cc1ccc(C(=O)CCC(=O)NC(CCO)C(C)C)s1. The number of carbonyl (C=O) groups is 2. The van der Waals surface area contributed by atoms with Crippen LogP contribution in [0.5, 0.6) is 0 Å². The molecule has 0 aliphatic heterocycles. The zero-order valence-corrected chi connectivity index (χ0v) is 13.1. The van der Waals surface area contributed by atoms with Gasteiger partial charge < -0.3 is 10.4 Å². The minimum absolute atomic E-state index is 0.0153. The van der Waals surface area contributed by atoms with Crippen LogP contribution in [-0.4, -0.2) is 29.4 Å². The number of amides is 1. The van der Waals surface area contributed by atoms with Gasteiger partial charge in [0, 0.05) is 30.4 Å². The van der Waals surface area contributed by atoms with E-state index in [-0.39, 0.29) is 43.1 Å². The van der Waals surface area contributed by atoms with Crippen LogP contribution in [-0.2, 0) is 4.79 Å². The summed E-state index contributed by atoms with van der Waals surface area (Å²) in [6.45, 7) is 6.01. The molecule has 1 amide bonds. The monoisotopic (exact) mass is 297 g/mol. The minimum Gasteiger partial charge on any atom is -0.396 e. The lowest BCUT2D eigenvalue weighted by Gasteiger charge is -2.21. The van der Waals surface area contributed by atoms with E-state index in [1.807, 2.05) is 32.9 Å². The second-order valence-corrected chi connectivity index (χ2v) is 6.55. The average molecular weight is 297 g/mol. The largest absolute Gasteiger partial charge is 0.396 e. The maximum atomic E-state index is 11.9. The lowest BCUT2D eigenvalue weighted by molar-refractivity contribution is -0.122. The molecule has 5 heteroatoms. The zero-order valence-electron chi connectivity index (χ0n) is 12.3. The van der Waals surface area contributed by atoms with Crippen molar-refractivity contribution in [3.05, 3.63) is 21.9 Å². The number of hydrogen-bond acceptors (Lipinski definition) is 4. The van der Waals surface area contributed by atoms with Gasteiger partial charge >= 0.3 is 0 Å². The summed E-state index contributed by atoms with van der Waals surface area (Å²) in [5.41, 5.74) is 0. The van der Waals surface area contributed by atoms with Crippen molar-refractivity contribution >= 4 is 23.0 Å². The van der Waals surface area contributed by atoms with Gasteiger partial charge in [-0.2, -0.15) is 0 Å². The summed E-state index contributed by atoms with van der Waals surface area (Å²) in [4.78, 5) is 25.5. The van der Waals surface area contributed by atoms with E-state index in [1.165, 1.54) is 11.3 Å². The van der Waals surface area contributed by atoms with E-state index in [0.717, 1.165) is 4.88 Å². The van der Waals surface area contributed by atoms with Gasteiger partial charge in [-0.25, -0.2) is 0 Å². The fraction of sp³-hybridized carbons (Fsp3) is 0.600. The van der Waals surface area contributed by atoms with Crippen LogP contribution in [0.3, 0.4) is 0 Å². The van der Waals surface area contributed by atoms with E-state index in [4.69, 9.17) is 5.11 Å². The molecule has 0 fully saturated rings. The van der Waals surface area contributed by atoms with Crippen LogP contribution in [0, 0.1) is 12.8 Å². The summed E-state index contributed by atoms with van der Waals surface area (Å²) in [7, 11) is 0. The first-order chi connectivity index (χ1) is 9.43. The number of thiophene rings is 1. The third kappa shape index (κ3) is 5.43. The van der Waals surface area contributed by atoms with Crippen LogP contribution in [0.2, 0.25) is 0 Å². The van der Waals surface area contributed by atoms with Gasteiger partial charge in [0.05, 0.1) is 4.88 Å². The number of rotatable bonds is 8. The van der Waals surface area contributed by atoms with Gasteiger partial charge in [-0.05, 0) is 31.4 Å². The molecule has 1 aromatic rings. The van der Waals surface area contributed by atoms with E-state index >= 15 is 0 Å². The molecule has 0 radical (unpaired) electrons. The number of aryl methyl sites for hydroxylation is 1. The van der Waals surface area contributed by atoms with Crippen molar-refractivity contribution in [2.75, 3.05) is 6.61 Å². The van der Waals surface area contributed by atoms with Crippen molar-refractivity contribution in [1.29, 1.82) is 0 Å². The summed E-state index contributed by atoms with van der Waals surface area (Å²) in [5.74, 6) is 0.155. The summed E-state index contributed by atoms with van der Waals surface area (Å²) in [5, 5.41) is 11.8. The number of aliphatic hydroxyl groups excluding tert-OH is 1. The number of carbonyl (C=O) groups excluding carboxylic acids is 2. The second-order valence-electron chi connectivity index (χ2n) is 5.26. The molecule has 1 heterocycles.